The monoisotopic (exact) mass is 424 g/mol. The van der Waals surface area contributed by atoms with Gasteiger partial charge in [0.15, 0.2) is 0 Å². The van der Waals surface area contributed by atoms with E-state index in [1.807, 2.05) is 39.1 Å². The summed E-state index contributed by atoms with van der Waals surface area (Å²) in [6, 6.07) is 3.49. The van der Waals surface area contributed by atoms with Gasteiger partial charge in [-0.15, -0.1) is 0 Å². The van der Waals surface area contributed by atoms with Crippen LogP contribution in [0, 0.1) is 13.8 Å². The van der Waals surface area contributed by atoms with E-state index in [0.29, 0.717) is 6.42 Å². The molecule has 0 spiro atoms. The van der Waals surface area contributed by atoms with Gasteiger partial charge in [0.1, 0.15) is 11.8 Å². The topological polar surface area (TPSA) is 50.7 Å². The molecule has 0 aliphatic rings. The molecule has 0 aromatic heterocycles. The van der Waals surface area contributed by atoms with E-state index in [4.69, 9.17) is 17.4 Å². The van der Waals surface area contributed by atoms with Crippen molar-refractivity contribution < 1.29 is 42.2 Å². The summed E-state index contributed by atoms with van der Waals surface area (Å²) in [6.45, 7) is 5.90. The summed E-state index contributed by atoms with van der Waals surface area (Å²) in [6.07, 6.45) is 5.46. The zero-order valence-corrected chi connectivity index (χ0v) is 18.7. The van der Waals surface area contributed by atoms with Gasteiger partial charge in [-0.25, -0.2) is 0 Å². The van der Waals surface area contributed by atoms with Gasteiger partial charge in [0.05, 0.1) is 7.11 Å². The number of nitrogens with zero attached hydrogens (tertiary/aromatic N) is 1. The number of rotatable bonds is 9. The smallest absolute Gasteiger partial charge is 0.249 e. The minimum Gasteiger partial charge on any atom is -0.793 e. The molecule has 0 saturated carbocycles. The van der Waals surface area contributed by atoms with E-state index < -0.39 is 0 Å². The quantitative estimate of drug-likeness (QED) is 0.373. The van der Waals surface area contributed by atoms with Gasteiger partial charge in [-0.1, -0.05) is 19.8 Å². The Bertz CT molecular complexity index is 527. The number of hydrogen-bond acceptors (Lipinski definition) is 4. The van der Waals surface area contributed by atoms with Crippen molar-refractivity contribution in [3.05, 3.63) is 23.3 Å². The molecule has 0 bridgehead atoms. The van der Waals surface area contributed by atoms with Crippen LogP contribution in [0.3, 0.4) is 0 Å². The maximum absolute atomic E-state index is 12.4. The summed E-state index contributed by atoms with van der Waals surface area (Å²) >= 11 is 4.92. The van der Waals surface area contributed by atoms with E-state index in [2.05, 4.69) is 10.3 Å². The number of benzene rings is 1. The number of carbonyl (C=O) groups excluding carboxylic acids is 1. The van der Waals surface area contributed by atoms with Crippen molar-refractivity contribution in [3.63, 3.8) is 0 Å². The summed E-state index contributed by atoms with van der Waals surface area (Å²) in [4.78, 5) is 16.9. The number of ether oxygens (including phenoxy) is 1. The van der Waals surface area contributed by atoms with E-state index in [9.17, 15) is 4.79 Å². The molecular formula is C18H27N2O2SY-. The number of hydrogen-bond donors (Lipinski definition) is 1. The first-order chi connectivity index (χ1) is 11.0. The summed E-state index contributed by atoms with van der Waals surface area (Å²) in [5.74, 6) is 1.51. The van der Waals surface area contributed by atoms with E-state index >= 15 is 0 Å². The first kappa shape index (κ1) is 23.6. The normalized spacial score (nSPS) is 11.9. The van der Waals surface area contributed by atoms with Crippen molar-refractivity contribution in [3.8, 4) is 5.75 Å². The van der Waals surface area contributed by atoms with Gasteiger partial charge >= 0.3 is 0 Å². The van der Waals surface area contributed by atoms with Crippen LogP contribution in [0.1, 0.15) is 43.7 Å². The molecule has 1 rings (SSSR count). The first-order valence-corrected chi connectivity index (χ1v) is 8.67. The van der Waals surface area contributed by atoms with Gasteiger partial charge in [-0.05, 0) is 56.2 Å². The molecule has 0 aliphatic heterocycles. The van der Waals surface area contributed by atoms with Crippen molar-refractivity contribution >= 4 is 30.4 Å². The van der Waals surface area contributed by atoms with Gasteiger partial charge in [-0.3, -0.25) is 9.79 Å². The molecule has 1 unspecified atom stereocenters. The number of aliphatic imine (C=N–C) groups is 1. The Hall–Kier alpha value is -0.386. The van der Waals surface area contributed by atoms with Crippen molar-refractivity contribution in [2.24, 2.45) is 4.99 Å². The van der Waals surface area contributed by atoms with E-state index in [1.165, 1.54) is 0 Å². The Morgan fingerprint density at radius 2 is 1.96 bits per heavy atom. The SMILES string of the molecule is CCC(N=CCCCC[S-])C(=O)Nc1c(C)cc(OC)cc1C.[Y]. The van der Waals surface area contributed by atoms with Crippen LogP contribution in [0.15, 0.2) is 17.1 Å². The van der Waals surface area contributed by atoms with Crippen molar-refractivity contribution in [1.82, 2.24) is 0 Å². The van der Waals surface area contributed by atoms with E-state index in [1.54, 1.807) is 7.11 Å². The summed E-state index contributed by atoms with van der Waals surface area (Å²) in [5, 5.41) is 3.01. The molecule has 0 fully saturated rings. The third-order valence-electron chi connectivity index (χ3n) is 3.69. The fourth-order valence-corrected chi connectivity index (χ4v) is 2.55. The minimum absolute atomic E-state index is 0. The molecule has 6 heteroatoms. The molecule has 1 aromatic carbocycles. The molecule has 4 nitrogen and oxygen atoms in total. The number of methoxy groups -OCH3 is 1. The third kappa shape index (κ3) is 7.67. The maximum Gasteiger partial charge on any atom is 0.249 e. The number of nitrogens with one attached hydrogen (secondary N) is 1. The zero-order valence-electron chi connectivity index (χ0n) is 15.1. The second-order valence-corrected chi connectivity index (χ2v) is 5.99. The van der Waals surface area contributed by atoms with Crippen LogP contribution in [0.2, 0.25) is 0 Å². The Morgan fingerprint density at radius 3 is 2.46 bits per heavy atom. The molecule has 1 N–H and O–H groups in total. The molecule has 1 amide bonds. The number of anilines is 1. The van der Waals surface area contributed by atoms with Crippen LogP contribution >= 0.6 is 0 Å². The second-order valence-electron chi connectivity index (χ2n) is 5.58. The van der Waals surface area contributed by atoms with Crippen LogP contribution < -0.4 is 10.1 Å². The van der Waals surface area contributed by atoms with Gasteiger partial charge in [0.2, 0.25) is 5.91 Å². The predicted octanol–water partition coefficient (Wildman–Crippen LogP) is 3.81. The third-order valence-corrected chi connectivity index (χ3v) is 3.98. The van der Waals surface area contributed by atoms with Crippen molar-refractivity contribution in [2.75, 3.05) is 18.2 Å². The molecule has 0 aliphatic carbocycles. The molecule has 0 saturated heterocycles. The van der Waals surface area contributed by atoms with E-state index in [-0.39, 0.29) is 44.7 Å². The number of aryl methyl sites for hydroxylation is 2. The average Bonchev–Trinajstić information content (AvgIpc) is 2.53. The molecule has 1 atom stereocenters. The average molecular weight is 424 g/mol. The molecule has 1 radical (unpaired) electrons. The van der Waals surface area contributed by atoms with Gasteiger partial charge in [0, 0.05) is 38.4 Å². The summed E-state index contributed by atoms with van der Waals surface area (Å²) in [7, 11) is 1.64. The molecule has 24 heavy (non-hydrogen) atoms. The van der Waals surface area contributed by atoms with Crippen molar-refractivity contribution in [2.45, 2.75) is 52.5 Å². The van der Waals surface area contributed by atoms with Crippen LogP contribution in [0.5, 0.6) is 5.75 Å². The molecule has 0 heterocycles. The van der Waals surface area contributed by atoms with E-state index in [0.717, 1.165) is 47.6 Å². The Labute approximate surface area is 176 Å². The summed E-state index contributed by atoms with van der Waals surface area (Å²) in [5.41, 5.74) is 2.81. The standard InChI is InChI=1S/C18H28N2O2S.Y/c1-5-16(19-9-7-6-8-10-23)18(21)20-17-13(2)11-15(22-4)12-14(17)3;/h9,11-12,16,23H,5-8,10H2,1-4H3,(H,20,21);/p-1. The fraction of sp³-hybridized carbons (Fsp3) is 0.556. The Morgan fingerprint density at radius 1 is 1.33 bits per heavy atom. The minimum atomic E-state index is -0.348. The number of carbonyl (C=O) groups is 1. The zero-order chi connectivity index (χ0) is 17.2. The van der Waals surface area contributed by atoms with Crippen LogP contribution in [-0.4, -0.2) is 31.0 Å². The maximum atomic E-state index is 12.4. The number of unbranched alkanes of at least 4 members (excludes halogenated alkanes) is 2. The second kappa shape index (κ2) is 12.9. The van der Waals surface area contributed by atoms with Crippen LogP contribution in [0.4, 0.5) is 5.69 Å². The van der Waals surface area contributed by atoms with Gasteiger partial charge < -0.3 is 22.7 Å². The first-order valence-electron chi connectivity index (χ1n) is 8.09. The number of amides is 1. The fourth-order valence-electron chi connectivity index (χ4n) is 2.34. The van der Waals surface area contributed by atoms with Crippen LogP contribution in [0.25, 0.3) is 0 Å². The Balaban J connectivity index is 0.00000529. The molecular weight excluding hydrogens is 397 g/mol. The summed E-state index contributed by atoms with van der Waals surface area (Å²) < 4.78 is 5.25. The van der Waals surface area contributed by atoms with Gasteiger partial charge in [0.25, 0.3) is 0 Å². The molecule has 1 aromatic rings. The van der Waals surface area contributed by atoms with Gasteiger partial charge in [-0.2, -0.15) is 5.75 Å². The van der Waals surface area contributed by atoms with Crippen LogP contribution in [-0.2, 0) is 50.1 Å². The largest absolute Gasteiger partial charge is 0.793 e. The Kier molecular flexibility index (Phi) is 12.7. The van der Waals surface area contributed by atoms with Crippen molar-refractivity contribution in [1.29, 1.82) is 0 Å². The molecule has 131 valence electrons. The predicted molar refractivity (Wildman–Crippen MR) is 99.8 cm³/mol.